The van der Waals surface area contributed by atoms with Crippen LogP contribution in [0.3, 0.4) is 0 Å². The number of fused-ring (bicyclic) bond motifs is 1. The first-order valence-corrected chi connectivity index (χ1v) is 6.92. The molecule has 0 radical (unpaired) electrons. The van der Waals surface area contributed by atoms with Crippen molar-refractivity contribution in [2.45, 2.75) is 25.7 Å². The first-order valence-electron chi connectivity index (χ1n) is 6.10. The van der Waals surface area contributed by atoms with E-state index >= 15 is 0 Å². The minimum absolute atomic E-state index is 0.729. The van der Waals surface area contributed by atoms with Gasteiger partial charge in [0.1, 0.15) is 0 Å². The molecule has 0 spiro atoms. The van der Waals surface area contributed by atoms with Crippen LogP contribution < -0.4 is 10.5 Å². The predicted octanol–water partition coefficient (Wildman–Crippen LogP) is 3.45. The highest BCUT2D eigenvalue weighted by molar-refractivity contribution is 7.20. The quantitative estimate of drug-likeness (QED) is 0.846. The summed E-state index contributed by atoms with van der Waals surface area (Å²) in [6.07, 6.45) is 5.31. The van der Waals surface area contributed by atoms with Crippen LogP contribution >= 0.6 is 11.3 Å². The topological polar surface area (TPSA) is 48.1 Å². The van der Waals surface area contributed by atoms with Crippen LogP contribution in [-0.4, -0.2) is 11.6 Å². The van der Waals surface area contributed by atoms with Crippen molar-refractivity contribution in [2.24, 2.45) is 5.92 Å². The van der Waals surface area contributed by atoms with Gasteiger partial charge in [0.2, 0.25) is 0 Å². The van der Waals surface area contributed by atoms with E-state index in [-0.39, 0.29) is 0 Å². The largest absolute Gasteiger partial charge is 0.470 e. The fourth-order valence-corrected chi connectivity index (χ4v) is 3.22. The van der Waals surface area contributed by atoms with Crippen molar-refractivity contribution in [3.05, 3.63) is 18.2 Å². The van der Waals surface area contributed by atoms with Gasteiger partial charge in [-0.05, 0) is 37.0 Å². The predicted molar refractivity (Wildman–Crippen MR) is 71.5 cm³/mol. The molecule has 1 aliphatic carbocycles. The van der Waals surface area contributed by atoms with E-state index in [4.69, 9.17) is 10.5 Å². The van der Waals surface area contributed by atoms with Crippen molar-refractivity contribution in [3.63, 3.8) is 0 Å². The van der Waals surface area contributed by atoms with Gasteiger partial charge in [0.05, 0.1) is 16.8 Å². The minimum Gasteiger partial charge on any atom is -0.470 e. The summed E-state index contributed by atoms with van der Waals surface area (Å²) in [7, 11) is 0. The molecule has 4 heteroatoms. The Labute approximate surface area is 105 Å². The Kier molecular flexibility index (Phi) is 2.89. The zero-order valence-corrected chi connectivity index (χ0v) is 10.5. The number of aromatic nitrogens is 1. The van der Waals surface area contributed by atoms with Crippen molar-refractivity contribution < 1.29 is 4.74 Å². The number of benzene rings is 1. The summed E-state index contributed by atoms with van der Waals surface area (Å²) in [4.78, 5) is 4.46. The van der Waals surface area contributed by atoms with E-state index in [1.54, 1.807) is 11.3 Å². The van der Waals surface area contributed by atoms with Gasteiger partial charge in [-0.3, -0.25) is 0 Å². The number of nitrogen functional groups attached to an aromatic ring is 1. The zero-order chi connectivity index (χ0) is 11.7. The van der Waals surface area contributed by atoms with Crippen LogP contribution in [0, 0.1) is 5.92 Å². The van der Waals surface area contributed by atoms with Crippen LogP contribution in [-0.2, 0) is 0 Å². The third kappa shape index (κ3) is 2.36. The molecule has 0 saturated heterocycles. The third-order valence-electron chi connectivity index (χ3n) is 3.31. The Morgan fingerprint density at radius 2 is 2.18 bits per heavy atom. The second-order valence-electron chi connectivity index (χ2n) is 4.67. The summed E-state index contributed by atoms with van der Waals surface area (Å²) in [5.74, 6) is 0.729. The molecular weight excluding hydrogens is 232 g/mol. The van der Waals surface area contributed by atoms with Crippen molar-refractivity contribution >= 4 is 27.2 Å². The van der Waals surface area contributed by atoms with E-state index in [9.17, 15) is 0 Å². The van der Waals surface area contributed by atoms with Crippen molar-refractivity contribution in [1.82, 2.24) is 4.98 Å². The van der Waals surface area contributed by atoms with Crippen LogP contribution in [0.5, 0.6) is 5.19 Å². The molecule has 2 aromatic rings. The van der Waals surface area contributed by atoms with Gasteiger partial charge in [-0.1, -0.05) is 24.2 Å². The lowest BCUT2D eigenvalue weighted by Crippen LogP contribution is -2.07. The highest BCUT2D eigenvalue weighted by atomic mass is 32.1. The average molecular weight is 248 g/mol. The van der Waals surface area contributed by atoms with Crippen LogP contribution in [0.25, 0.3) is 10.2 Å². The molecule has 1 saturated carbocycles. The summed E-state index contributed by atoms with van der Waals surface area (Å²) < 4.78 is 6.88. The Balaban J connectivity index is 1.72. The molecule has 1 aromatic carbocycles. The number of nitrogens with zero attached hydrogens (tertiary/aromatic N) is 1. The lowest BCUT2D eigenvalue weighted by atomic mass is 10.1. The average Bonchev–Trinajstić information content (AvgIpc) is 2.94. The maximum Gasteiger partial charge on any atom is 0.274 e. The van der Waals surface area contributed by atoms with Gasteiger partial charge >= 0.3 is 0 Å². The molecule has 1 aromatic heterocycles. The van der Waals surface area contributed by atoms with Crippen molar-refractivity contribution in [1.29, 1.82) is 0 Å². The van der Waals surface area contributed by atoms with Gasteiger partial charge in [-0.2, -0.15) is 0 Å². The fraction of sp³-hybridized carbons (Fsp3) is 0.462. The van der Waals surface area contributed by atoms with Crippen molar-refractivity contribution in [3.8, 4) is 5.19 Å². The molecule has 1 fully saturated rings. The molecule has 0 unspecified atom stereocenters. The third-order valence-corrected chi connectivity index (χ3v) is 4.24. The molecule has 3 rings (SSSR count). The number of anilines is 1. The maximum absolute atomic E-state index is 5.78. The highest BCUT2D eigenvalue weighted by Crippen LogP contribution is 2.31. The Bertz CT molecular complexity index is 517. The molecule has 17 heavy (non-hydrogen) atoms. The van der Waals surface area contributed by atoms with Gasteiger partial charge < -0.3 is 10.5 Å². The van der Waals surface area contributed by atoms with E-state index in [1.807, 2.05) is 18.2 Å². The number of thiazole rings is 1. The molecule has 2 N–H and O–H groups in total. The summed E-state index contributed by atoms with van der Waals surface area (Å²) in [5.41, 5.74) is 7.50. The normalized spacial score (nSPS) is 16.7. The molecule has 0 bridgehead atoms. The molecule has 1 aliphatic rings. The Morgan fingerprint density at radius 1 is 1.35 bits per heavy atom. The number of ether oxygens (including phenoxy) is 1. The lowest BCUT2D eigenvalue weighted by molar-refractivity contribution is 0.251. The Hall–Kier alpha value is -1.29. The van der Waals surface area contributed by atoms with Crippen LogP contribution in [0.2, 0.25) is 0 Å². The molecule has 0 amide bonds. The van der Waals surface area contributed by atoms with Gasteiger partial charge in [0.15, 0.2) is 0 Å². The van der Waals surface area contributed by atoms with E-state index in [2.05, 4.69) is 4.98 Å². The van der Waals surface area contributed by atoms with Gasteiger partial charge in [-0.15, -0.1) is 0 Å². The first-order chi connectivity index (χ1) is 8.31. The second-order valence-corrected chi connectivity index (χ2v) is 5.66. The van der Waals surface area contributed by atoms with Gasteiger partial charge in [0.25, 0.3) is 5.19 Å². The maximum atomic E-state index is 5.78. The minimum atomic E-state index is 0.729. The SMILES string of the molecule is Nc1ccc2nc(OCC3CCCC3)sc2c1. The number of nitrogens with two attached hydrogens (primary N) is 1. The number of hydrogen-bond acceptors (Lipinski definition) is 4. The smallest absolute Gasteiger partial charge is 0.274 e. The molecule has 1 heterocycles. The van der Waals surface area contributed by atoms with Crippen LogP contribution in [0.4, 0.5) is 5.69 Å². The molecule has 0 atom stereocenters. The van der Waals surface area contributed by atoms with Gasteiger partial charge in [0, 0.05) is 5.69 Å². The molecule has 90 valence electrons. The number of hydrogen-bond donors (Lipinski definition) is 1. The Morgan fingerprint density at radius 3 is 3.00 bits per heavy atom. The van der Waals surface area contributed by atoms with E-state index in [1.165, 1.54) is 25.7 Å². The fourth-order valence-electron chi connectivity index (χ4n) is 2.35. The van der Waals surface area contributed by atoms with E-state index < -0.39 is 0 Å². The summed E-state index contributed by atoms with van der Waals surface area (Å²) in [5, 5.41) is 0.775. The standard InChI is InChI=1S/C13H16N2OS/c14-10-5-6-11-12(7-10)17-13(15-11)16-8-9-3-1-2-4-9/h5-7,9H,1-4,8,14H2. The molecular formula is C13H16N2OS. The van der Waals surface area contributed by atoms with Crippen LogP contribution in [0.15, 0.2) is 18.2 Å². The molecule has 0 aliphatic heterocycles. The summed E-state index contributed by atoms with van der Waals surface area (Å²) in [6.45, 7) is 0.815. The summed E-state index contributed by atoms with van der Waals surface area (Å²) >= 11 is 1.58. The lowest BCUT2D eigenvalue weighted by Gasteiger charge is -2.07. The summed E-state index contributed by atoms with van der Waals surface area (Å²) in [6, 6.07) is 5.78. The molecule has 3 nitrogen and oxygen atoms in total. The zero-order valence-electron chi connectivity index (χ0n) is 9.69. The highest BCUT2D eigenvalue weighted by Gasteiger charge is 2.16. The van der Waals surface area contributed by atoms with Crippen molar-refractivity contribution in [2.75, 3.05) is 12.3 Å². The first kappa shape index (κ1) is 10.8. The van der Waals surface area contributed by atoms with Gasteiger partial charge in [-0.25, -0.2) is 4.98 Å². The second kappa shape index (κ2) is 4.53. The van der Waals surface area contributed by atoms with E-state index in [0.29, 0.717) is 0 Å². The van der Waals surface area contributed by atoms with Crippen LogP contribution in [0.1, 0.15) is 25.7 Å². The monoisotopic (exact) mass is 248 g/mol. The number of rotatable bonds is 3. The van der Waals surface area contributed by atoms with E-state index in [0.717, 1.165) is 33.6 Å².